The monoisotopic (exact) mass is 334 g/mol. The molecule has 2 saturated heterocycles. The zero-order valence-electron chi connectivity index (χ0n) is 14.3. The molecule has 3 heterocycles. The van der Waals surface area contributed by atoms with E-state index in [0.29, 0.717) is 19.8 Å². The van der Waals surface area contributed by atoms with Gasteiger partial charge in [-0.25, -0.2) is 0 Å². The Balaban J connectivity index is 1.64. The highest BCUT2D eigenvalue weighted by molar-refractivity contribution is 5.77. The minimum absolute atomic E-state index is 0.0492. The van der Waals surface area contributed by atoms with E-state index in [1.54, 1.807) is 13.3 Å². The Labute approximate surface area is 143 Å². The van der Waals surface area contributed by atoms with Crippen LogP contribution in [-0.4, -0.2) is 61.9 Å². The predicted octanol–water partition coefficient (Wildman–Crippen LogP) is 1.64. The maximum absolute atomic E-state index is 12.2. The summed E-state index contributed by atoms with van der Waals surface area (Å²) >= 11 is 0. The van der Waals surface area contributed by atoms with Gasteiger partial charge in [-0.1, -0.05) is 6.07 Å². The Kier molecular flexibility index (Phi) is 5.81. The van der Waals surface area contributed by atoms with E-state index in [2.05, 4.69) is 4.98 Å². The van der Waals surface area contributed by atoms with Crippen LogP contribution >= 0.6 is 0 Å². The predicted molar refractivity (Wildman–Crippen MR) is 88.4 cm³/mol. The molecular formula is C18H26N2O4. The molecule has 2 aliphatic heterocycles. The van der Waals surface area contributed by atoms with E-state index >= 15 is 0 Å². The molecule has 2 atom stereocenters. The second-order valence-electron chi connectivity index (χ2n) is 6.72. The van der Waals surface area contributed by atoms with Crippen molar-refractivity contribution in [1.82, 2.24) is 9.88 Å². The third-order valence-electron chi connectivity index (χ3n) is 4.99. The van der Waals surface area contributed by atoms with Crippen LogP contribution in [0.15, 0.2) is 24.5 Å². The van der Waals surface area contributed by atoms with Gasteiger partial charge in [0.25, 0.3) is 0 Å². The Morgan fingerprint density at radius 3 is 3.25 bits per heavy atom. The molecule has 1 aromatic heterocycles. The molecule has 0 radical (unpaired) electrons. The zero-order chi connectivity index (χ0) is 16.8. The molecular weight excluding hydrogens is 308 g/mol. The molecule has 6 heteroatoms. The maximum Gasteiger partial charge on any atom is 0.248 e. The maximum atomic E-state index is 12.2. The van der Waals surface area contributed by atoms with Crippen LogP contribution in [0.2, 0.25) is 0 Å². The van der Waals surface area contributed by atoms with Crippen LogP contribution in [0.5, 0.6) is 0 Å². The highest BCUT2D eigenvalue weighted by Gasteiger charge is 2.47. The summed E-state index contributed by atoms with van der Waals surface area (Å²) in [6.07, 6.45) is 6.66. The molecule has 2 unspecified atom stereocenters. The van der Waals surface area contributed by atoms with Gasteiger partial charge in [0.2, 0.25) is 5.91 Å². The van der Waals surface area contributed by atoms with Crippen LogP contribution in [0.3, 0.4) is 0 Å². The second-order valence-corrected chi connectivity index (χ2v) is 6.72. The molecule has 132 valence electrons. The lowest BCUT2D eigenvalue weighted by Crippen LogP contribution is -2.58. The van der Waals surface area contributed by atoms with Gasteiger partial charge in [0.1, 0.15) is 6.61 Å². The highest BCUT2D eigenvalue weighted by atomic mass is 16.5. The molecule has 0 saturated carbocycles. The number of fused-ring (bicyclic) bond motifs is 1. The van der Waals surface area contributed by atoms with Gasteiger partial charge < -0.3 is 19.1 Å². The first kappa shape index (κ1) is 17.3. The molecule has 0 aliphatic carbocycles. The standard InChI is InChI=1S/C18H26N2O4/c1-22-12-17(21)20-8-5-16-18(13-20,6-3-9-24-16)14-23-11-15-4-2-7-19-10-15/h2,4,7,10,16H,3,5-6,8-9,11-14H2,1H3. The largest absolute Gasteiger partial charge is 0.377 e. The fourth-order valence-corrected chi connectivity index (χ4v) is 3.78. The van der Waals surface area contributed by atoms with Gasteiger partial charge in [0, 0.05) is 44.6 Å². The summed E-state index contributed by atoms with van der Waals surface area (Å²) in [7, 11) is 1.56. The number of rotatable bonds is 6. The lowest BCUT2D eigenvalue weighted by molar-refractivity contribution is -0.167. The molecule has 0 bridgehead atoms. The first-order valence-corrected chi connectivity index (χ1v) is 8.58. The number of pyridine rings is 1. The zero-order valence-corrected chi connectivity index (χ0v) is 14.3. The third-order valence-corrected chi connectivity index (χ3v) is 4.99. The highest BCUT2D eigenvalue weighted by Crippen LogP contribution is 2.40. The lowest BCUT2D eigenvalue weighted by Gasteiger charge is -2.50. The lowest BCUT2D eigenvalue weighted by atomic mass is 9.73. The number of carbonyl (C=O) groups is 1. The van der Waals surface area contributed by atoms with Crippen molar-refractivity contribution >= 4 is 5.91 Å². The first-order valence-electron chi connectivity index (χ1n) is 8.58. The van der Waals surface area contributed by atoms with Crippen LogP contribution in [0.25, 0.3) is 0 Å². The van der Waals surface area contributed by atoms with Gasteiger partial charge in [0.15, 0.2) is 0 Å². The summed E-state index contributed by atoms with van der Waals surface area (Å²) in [5.74, 6) is 0.0492. The summed E-state index contributed by atoms with van der Waals surface area (Å²) < 4.78 is 17.0. The molecule has 6 nitrogen and oxygen atoms in total. The van der Waals surface area contributed by atoms with Crippen LogP contribution in [0.4, 0.5) is 0 Å². The number of aromatic nitrogens is 1. The fraction of sp³-hybridized carbons (Fsp3) is 0.667. The normalized spacial score (nSPS) is 26.9. The number of likely N-dealkylation sites (tertiary alicyclic amines) is 1. The topological polar surface area (TPSA) is 60.9 Å². The van der Waals surface area contributed by atoms with Gasteiger partial charge in [-0.2, -0.15) is 0 Å². The van der Waals surface area contributed by atoms with E-state index in [0.717, 1.165) is 38.0 Å². The van der Waals surface area contributed by atoms with E-state index in [4.69, 9.17) is 14.2 Å². The van der Waals surface area contributed by atoms with Gasteiger partial charge in [0.05, 0.1) is 19.3 Å². The minimum atomic E-state index is -0.109. The van der Waals surface area contributed by atoms with Crippen molar-refractivity contribution in [2.45, 2.75) is 32.0 Å². The Morgan fingerprint density at radius 2 is 2.46 bits per heavy atom. The number of amides is 1. The van der Waals surface area contributed by atoms with Gasteiger partial charge in [-0.15, -0.1) is 0 Å². The summed E-state index contributed by atoms with van der Waals surface area (Å²) in [6, 6.07) is 3.92. The van der Waals surface area contributed by atoms with Crippen LogP contribution in [0.1, 0.15) is 24.8 Å². The summed E-state index contributed by atoms with van der Waals surface area (Å²) in [5.41, 5.74) is 0.951. The fourth-order valence-electron chi connectivity index (χ4n) is 3.78. The molecule has 1 aromatic rings. The smallest absolute Gasteiger partial charge is 0.248 e. The molecule has 1 amide bonds. The number of ether oxygens (including phenoxy) is 3. The minimum Gasteiger partial charge on any atom is -0.377 e. The van der Waals surface area contributed by atoms with Crippen molar-refractivity contribution in [3.63, 3.8) is 0 Å². The Bertz CT molecular complexity index is 539. The molecule has 3 rings (SSSR count). The molecule has 0 N–H and O–H groups in total. The van der Waals surface area contributed by atoms with Crippen molar-refractivity contribution in [3.05, 3.63) is 30.1 Å². The summed E-state index contributed by atoms with van der Waals surface area (Å²) in [5, 5.41) is 0. The van der Waals surface area contributed by atoms with Crippen molar-refractivity contribution in [1.29, 1.82) is 0 Å². The first-order chi connectivity index (χ1) is 11.7. The molecule has 0 spiro atoms. The van der Waals surface area contributed by atoms with Gasteiger partial charge in [-0.3, -0.25) is 9.78 Å². The molecule has 2 aliphatic rings. The Morgan fingerprint density at radius 1 is 1.54 bits per heavy atom. The van der Waals surface area contributed by atoms with E-state index in [9.17, 15) is 4.79 Å². The molecule has 2 fully saturated rings. The molecule has 0 aromatic carbocycles. The average molecular weight is 334 g/mol. The number of nitrogens with zero attached hydrogens (tertiary/aromatic N) is 2. The van der Waals surface area contributed by atoms with Gasteiger partial charge in [-0.05, 0) is 30.9 Å². The Hall–Kier alpha value is -1.50. The number of hydrogen-bond donors (Lipinski definition) is 0. The second kappa shape index (κ2) is 8.05. The van der Waals surface area contributed by atoms with E-state index in [1.807, 2.05) is 23.2 Å². The third kappa shape index (κ3) is 3.94. The van der Waals surface area contributed by atoms with Crippen molar-refractivity contribution in [3.8, 4) is 0 Å². The SMILES string of the molecule is COCC(=O)N1CCC2OCCCC2(COCc2cccnc2)C1. The number of carbonyl (C=O) groups excluding carboxylic acids is 1. The van der Waals surface area contributed by atoms with E-state index in [1.165, 1.54) is 0 Å². The van der Waals surface area contributed by atoms with Crippen LogP contribution < -0.4 is 0 Å². The number of methoxy groups -OCH3 is 1. The quantitative estimate of drug-likeness (QED) is 0.791. The summed E-state index contributed by atoms with van der Waals surface area (Å²) in [4.78, 5) is 18.2. The van der Waals surface area contributed by atoms with E-state index in [-0.39, 0.29) is 24.0 Å². The van der Waals surface area contributed by atoms with Gasteiger partial charge >= 0.3 is 0 Å². The van der Waals surface area contributed by atoms with Crippen LogP contribution in [-0.2, 0) is 25.6 Å². The number of piperidine rings is 1. The van der Waals surface area contributed by atoms with E-state index < -0.39 is 0 Å². The molecule has 24 heavy (non-hydrogen) atoms. The van der Waals surface area contributed by atoms with Crippen LogP contribution in [0, 0.1) is 5.41 Å². The number of hydrogen-bond acceptors (Lipinski definition) is 5. The van der Waals surface area contributed by atoms with Crippen molar-refractivity contribution in [2.75, 3.05) is 40.0 Å². The summed E-state index contributed by atoms with van der Waals surface area (Å²) in [6.45, 7) is 3.50. The van der Waals surface area contributed by atoms with Crippen molar-refractivity contribution in [2.24, 2.45) is 5.41 Å². The average Bonchev–Trinajstić information content (AvgIpc) is 2.62. The van der Waals surface area contributed by atoms with Crippen molar-refractivity contribution < 1.29 is 19.0 Å².